The third kappa shape index (κ3) is 7.27. The molecule has 22 unspecified atom stereocenters. The van der Waals surface area contributed by atoms with Crippen LogP contribution in [0.1, 0.15) is 85.5 Å². The van der Waals surface area contributed by atoms with Crippen molar-refractivity contribution in [3.63, 3.8) is 0 Å². The number of hydrogen-bond acceptors (Lipinski definition) is 16. The zero-order valence-electron chi connectivity index (χ0n) is 32.2. The standard InChI is InChI=1S/C39H64O16/c1-17-34(55-36-33(48)31(46)29(44)26(54-36)16-50-35-32(47)30(45)28(43)25(15-40)53-35)24(42)14-27(51-17)52-18(2)39(49)12-9-23-21-6-5-19-13-20(41)7-10-37(19,3)22(21)8-11-38(23,39)4/h5,17-18,20-36,40-49H,6-16H2,1-4H3. The van der Waals surface area contributed by atoms with Crippen LogP contribution in [0.5, 0.6) is 0 Å². The van der Waals surface area contributed by atoms with E-state index in [-0.39, 0.29) is 23.4 Å². The molecule has 55 heavy (non-hydrogen) atoms. The van der Waals surface area contributed by atoms with E-state index < -0.39 is 111 Å². The highest BCUT2D eigenvalue weighted by Gasteiger charge is 2.66. The molecule has 10 N–H and O–H groups in total. The normalized spacial score (nSPS) is 54.8. The lowest BCUT2D eigenvalue weighted by atomic mass is 9.46. The largest absolute Gasteiger partial charge is 0.394 e. The molecule has 3 heterocycles. The Balaban J connectivity index is 0.952. The lowest BCUT2D eigenvalue weighted by Crippen LogP contribution is -2.63. The molecule has 0 aromatic rings. The number of allylic oxidation sites excluding steroid dienone is 1. The second-order valence-electron chi connectivity index (χ2n) is 18.1. The number of aliphatic hydroxyl groups is 10. The minimum absolute atomic E-state index is 0.0182. The van der Waals surface area contributed by atoms with E-state index in [2.05, 4.69) is 19.9 Å². The molecule has 16 nitrogen and oxygen atoms in total. The summed E-state index contributed by atoms with van der Waals surface area (Å²) in [4.78, 5) is 0. The molecule has 3 aliphatic heterocycles. The molecule has 22 atom stereocenters. The summed E-state index contributed by atoms with van der Waals surface area (Å²) in [5.74, 6) is 1.29. The molecule has 0 amide bonds. The predicted molar refractivity (Wildman–Crippen MR) is 189 cm³/mol. The Kier molecular flexibility index (Phi) is 12.2. The molecule has 16 heteroatoms. The minimum Gasteiger partial charge on any atom is -0.394 e. The fraction of sp³-hybridized carbons (Fsp3) is 0.949. The maximum Gasteiger partial charge on any atom is 0.187 e. The maximum atomic E-state index is 12.5. The van der Waals surface area contributed by atoms with Crippen molar-refractivity contribution in [2.75, 3.05) is 13.2 Å². The van der Waals surface area contributed by atoms with Gasteiger partial charge in [0.2, 0.25) is 0 Å². The Morgan fingerprint density at radius 3 is 2.15 bits per heavy atom. The van der Waals surface area contributed by atoms with Gasteiger partial charge in [-0.05, 0) is 88.4 Å². The molecule has 7 aliphatic rings. The smallest absolute Gasteiger partial charge is 0.187 e. The van der Waals surface area contributed by atoms with Crippen LogP contribution >= 0.6 is 0 Å². The third-order valence-corrected chi connectivity index (χ3v) is 15.2. The Bertz CT molecular complexity index is 1360. The van der Waals surface area contributed by atoms with Crippen molar-refractivity contribution in [3.05, 3.63) is 11.6 Å². The van der Waals surface area contributed by atoms with E-state index in [1.54, 1.807) is 6.92 Å². The quantitative estimate of drug-likeness (QED) is 0.125. The summed E-state index contributed by atoms with van der Waals surface area (Å²) in [6, 6.07) is 0. The predicted octanol–water partition coefficient (Wildman–Crippen LogP) is -1.05. The molecular formula is C39H64O16. The Labute approximate surface area is 322 Å². The number of hydrogen-bond donors (Lipinski definition) is 10. The third-order valence-electron chi connectivity index (χ3n) is 15.2. The van der Waals surface area contributed by atoms with Gasteiger partial charge in [0.05, 0.1) is 43.2 Å². The van der Waals surface area contributed by atoms with Gasteiger partial charge in [0.25, 0.3) is 0 Å². The number of ether oxygens (including phenoxy) is 6. The van der Waals surface area contributed by atoms with Crippen LogP contribution in [-0.2, 0) is 28.4 Å². The van der Waals surface area contributed by atoms with Crippen molar-refractivity contribution in [3.8, 4) is 0 Å². The summed E-state index contributed by atoms with van der Waals surface area (Å²) in [6.07, 6.45) is -11.3. The van der Waals surface area contributed by atoms with Gasteiger partial charge in [-0.3, -0.25) is 0 Å². The topological polar surface area (TPSA) is 258 Å². The van der Waals surface area contributed by atoms with E-state index in [1.807, 2.05) is 6.92 Å². The highest BCUT2D eigenvalue weighted by atomic mass is 16.7. The zero-order valence-corrected chi connectivity index (χ0v) is 32.2. The van der Waals surface area contributed by atoms with Crippen LogP contribution < -0.4 is 0 Å². The molecule has 0 aromatic heterocycles. The van der Waals surface area contributed by atoms with Crippen LogP contribution in [0.15, 0.2) is 11.6 Å². The molecule has 316 valence electrons. The molecule has 0 spiro atoms. The fourth-order valence-electron chi connectivity index (χ4n) is 11.7. The molecule has 3 saturated carbocycles. The van der Waals surface area contributed by atoms with Gasteiger partial charge in [0, 0.05) is 11.8 Å². The van der Waals surface area contributed by atoms with Gasteiger partial charge in [-0.2, -0.15) is 0 Å². The second-order valence-corrected chi connectivity index (χ2v) is 18.1. The van der Waals surface area contributed by atoms with E-state index in [0.717, 1.165) is 44.9 Å². The van der Waals surface area contributed by atoms with Crippen LogP contribution in [0.3, 0.4) is 0 Å². The monoisotopic (exact) mass is 788 g/mol. The van der Waals surface area contributed by atoms with Crippen molar-refractivity contribution in [2.24, 2.45) is 28.6 Å². The molecule has 6 fully saturated rings. The summed E-state index contributed by atoms with van der Waals surface area (Å²) in [7, 11) is 0. The van der Waals surface area contributed by atoms with Crippen molar-refractivity contribution >= 4 is 0 Å². The van der Waals surface area contributed by atoms with E-state index >= 15 is 0 Å². The molecule has 0 bridgehead atoms. The van der Waals surface area contributed by atoms with Crippen LogP contribution in [0.4, 0.5) is 0 Å². The van der Waals surface area contributed by atoms with Gasteiger partial charge in [0.1, 0.15) is 54.9 Å². The molecule has 4 aliphatic carbocycles. The van der Waals surface area contributed by atoms with Crippen LogP contribution in [-0.4, -0.2) is 168 Å². The lowest BCUT2D eigenvalue weighted by Gasteiger charge is -2.59. The molecule has 7 rings (SSSR count). The van der Waals surface area contributed by atoms with Crippen molar-refractivity contribution < 1.29 is 79.5 Å². The van der Waals surface area contributed by atoms with E-state index in [0.29, 0.717) is 24.2 Å². The Hall–Kier alpha value is -0.900. The summed E-state index contributed by atoms with van der Waals surface area (Å²) < 4.78 is 35.2. The molecular weight excluding hydrogens is 724 g/mol. The first-order valence-corrected chi connectivity index (χ1v) is 20.3. The number of rotatable bonds is 9. The number of fused-ring (bicyclic) bond motifs is 5. The Morgan fingerprint density at radius 1 is 0.800 bits per heavy atom. The first-order valence-electron chi connectivity index (χ1n) is 20.3. The highest BCUT2D eigenvalue weighted by Crippen LogP contribution is 2.68. The van der Waals surface area contributed by atoms with Crippen LogP contribution in [0.2, 0.25) is 0 Å². The van der Waals surface area contributed by atoms with E-state index in [1.165, 1.54) is 5.57 Å². The molecule has 0 aromatic carbocycles. The van der Waals surface area contributed by atoms with Gasteiger partial charge in [0.15, 0.2) is 18.9 Å². The Morgan fingerprint density at radius 2 is 1.45 bits per heavy atom. The first kappa shape index (κ1) is 42.2. The second kappa shape index (κ2) is 15.9. The lowest BCUT2D eigenvalue weighted by molar-refractivity contribution is -0.355. The summed E-state index contributed by atoms with van der Waals surface area (Å²) >= 11 is 0. The summed E-state index contributed by atoms with van der Waals surface area (Å²) in [6.45, 7) is 6.93. The average Bonchev–Trinajstić information content (AvgIpc) is 3.43. The van der Waals surface area contributed by atoms with Crippen molar-refractivity contribution in [2.45, 2.75) is 189 Å². The maximum absolute atomic E-state index is 12.5. The molecule has 0 radical (unpaired) electrons. The van der Waals surface area contributed by atoms with Crippen LogP contribution in [0, 0.1) is 28.6 Å². The molecule has 3 saturated heterocycles. The van der Waals surface area contributed by atoms with Gasteiger partial charge < -0.3 is 79.5 Å². The van der Waals surface area contributed by atoms with Crippen molar-refractivity contribution in [1.82, 2.24) is 0 Å². The first-order chi connectivity index (χ1) is 25.9. The summed E-state index contributed by atoms with van der Waals surface area (Å²) in [5, 5.41) is 106. The van der Waals surface area contributed by atoms with Crippen LogP contribution in [0.25, 0.3) is 0 Å². The van der Waals surface area contributed by atoms with Gasteiger partial charge in [-0.25, -0.2) is 0 Å². The summed E-state index contributed by atoms with van der Waals surface area (Å²) in [5.41, 5.74) is -0.00152. The van der Waals surface area contributed by atoms with E-state index in [4.69, 9.17) is 28.4 Å². The number of aliphatic hydroxyl groups excluding tert-OH is 9. The average molecular weight is 789 g/mol. The minimum atomic E-state index is -1.76. The SMILES string of the molecule is CC1OC(OC(C)C2(O)CCC3C4CC=C5CC(O)CCC5(C)C4CCC32C)CC(O)C1OC1OC(COC2OC(CO)C(O)C(O)C2O)C(O)C(O)C1O. The fourth-order valence-corrected chi connectivity index (χ4v) is 11.7. The zero-order chi connectivity index (χ0) is 39.8. The van der Waals surface area contributed by atoms with Crippen molar-refractivity contribution in [1.29, 1.82) is 0 Å². The van der Waals surface area contributed by atoms with E-state index in [9.17, 15) is 51.1 Å². The van der Waals surface area contributed by atoms with Gasteiger partial charge >= 0.3 is 0 Å². The van der Waals surface area contributed by atoms with Gasteiger partial charge in [-0.15, -0.1) is 0 Å². The van der Waals surface area contributed by atoms with Gasteiger partial charge in [-0.1, -0.05) is 25.5 Å². The highest BCUT2D eigenvalue weighted by molar-refractivity contribution is 5.26.